The highest BCUT2D eigenvalue weighted by Gasteiger charge is 2.23. The van der Waals surface area contributed by atoms with Crippen molar-refractivity contribution in [3.63, 3.8) is 0 Å². The fourth-order valence-corrected chi connectivity index (χ4v) is 2.53. The maximum absolute atomic E-state index is 12.4. The lowest BCUT2D eigenvalue weighted by atomic mass is 10.1. The van der Waals surface area contributed by atoms with Gasteiger partial charge in [-0.1, -0.05) is 12.1 Å². The molecule has 0 aliphatic carbocycles. The molecule has 0 bridgehead atoms. The topological polar surface area (TPSA) is 52.7 Å². The largest absolute Gasteiger partial charge is 0.358 e. The molecule has 0 atom stereocenters. The number of nitrogens with one attached hydrogen (secondary N) is 1. The third kappa shape index (κ3) is 4.19. The molecule has 1 aromatic carbocycles. The number of rotatable bonds is 4. The first kappa shape index (κ1) is 15.8. The maximum atomic E-state index is 12.4. The summed E-state index contributed by atoms with van der Waals surface area (Å²) in [6.45, 7) is 3.10. The van der Waals surface area contributed by atoms with Crippen molar-refractivity contribution < 1.29 is 9.59 Å². The second-order valence-corrected chi connectivity index (χ2v) is 5.34. The fourth-order valence-electron chi connectivity index (χ4n) is 2.36. The Labute approximate surface area is 129 Å². The van der Waals surface area contributed by atoms with Gasteiger partial charge in [-0.15, -0.1) is 11.6 Å². The number of hydrogen-bond acceptors (Lipinski definition) is 3. The normalized spacial score (nSPS) is 15.8. The Bertz CT molecular complexity index is 513. The summed E-state index contributed by atoms with van der Waals surface area (Å²) >= 11 is 5.80. The minimum absolute atomic E-state index is 0.00425. The average Bonchev–Trinajstić information content (AvgIpc) is 2.54. The van der Waals surface area contributed by atoms with Crippen LogP contribution in [0.2, 0.25) is 0 Å². The Morgan fingerprint density at radius 2 is 1.95 bits per heavy atom. The van der Waals surface area contributed by atoms with Gasteiger partial charge in [-0.2, -0.15) is 0 Å². The number of benzene rings is 1. The standard InChI is InChI=1S/C15H20ClN3O2/c1-17-14(20)11-18-5-7-19(8-6-18)15(21)13-4-2-3-12(9-13)10-16/h2-4,9H,5-8,10-11H2,1H3,(H,17,20). The van der Waals surface area contributed by atoms with Gasteiger partial charge in [0.05, 0.1) is 6.54 Å². The van der Waals surface area contributed by atoms with Crippen molar-refractivity contribution in [1.82, 2.24) is 15.1 Å². The molecule has 1 aromatic rings. The number of alkyl halides is 1. The summed E-state index contributed by atoms with van der Waals surface area (Å²) in [5.74, 6) is 0.437. The third-order valence-corrected chi connectivity index (χ3v) is 3.94. The zero-order valence-electron chi connectivity index (χ0n) is 12.1. The van der Waals surface area contributed by atoms with Crippen LogP contribution in [0.5, 0.6) is 0 Å². The Kier molecular flexibility index (Phi) is 5.59. The summed E-state index contributed by atoms with van der Waals surface area (Å²) in [5, 5.41) is 2.61. The lowest BCUT2D eigenvalue weighted by Crippen LogP contribution is -2.50. The number of hydrogen-bond donors (Lipinski definition) is 1. The van der Waals surface area contributed by atoms with Crippen LogP contribution in [0.25, 0.3) is 0 Å². The van der Waals surface area contributed by atoms with Gasteiger partial charge in [0.1, 0.15) is 0 Å². The van der Waals surface area contributed by atoms with Gasteiger partial charge in [0.25, 0.3) is 5.91 Å². The van der Waals surface area contributed by atoms with E-state index in [1.807, 2.05) is 29.2 Å². The van der Waals surface area contributed by atoms with Gasteiger partial charge < -0.3 is 10.2 Å². The van der Waals surface area contributed by atoms with Crippen molar-refractivity contribution in [1.29, 1.82) is 0 Å². The van der Waals surface area contributed by atoms with Crippen molar-refractivity contribution in [2.45, 2.75) is 5.88 Å². The fraction of sp³-hybridized carbons (Fsp3) is 0.467. The molecule has 2 amide bonds. The maximum Gasteiger partial charge on any atom is 0.253 e. The van der Waals surface area contributed by atoms with E-state index in [1.54, 1.807) is 7.05 Å². The molecule has 1 aliphatic heterocycles. The molecule has 21 heavy (non-hydrogen) atoms. The monoisotopic (exact) mass is 309 g/mol. The summed E-state index contributed by atoms with van der Waals surface area (Å²) in [5.41, 5.74) is 1.62. The molecule has 1 heterocycles. The first-order valence-corrected chi connectivity index (χ1v) is 7.54. The zero-order valence-corrected chi connectivity index (χ0v) is 12.9. The van der Waals surface area contributed by atoms with Crippen LogP contribution >= 0.6 is 11.6 Å². The minimum atomic E-state index is 0.00425. The highest BCUT2D eigenvalue weighted by atomic mass is 35.5. The van der Waals surface area contributed by atoms with Crippen LogP contribution < -0.4 is 5.32 Å². The molecule has 0 unspecified atom stereocenters. The Morgan fingerprint density at radius 1 is 1.24 bits per heavy atom. The highest BCUT2D eigenvalue weighted by molar-refractivity contribution is 6.17. The molecule has 114 valence electrons. The van der Waals surface area contributed by atoms with E-state index in [4.69, 9.17) is 11.6 Å². The van der Waals surface area contributed by atoms with E-state index in [0.29, 0.717) is 44.2 Å². The number of carbonyl (C=O) groups is 2. The number of carbonyl (C=O) groups excluding carboxylic acids is 2. The molecule has 0 saturated carbocycles. The number of amides is 2. The second-order valence-electron chi connectivity index (χ2n) is 5.08. The summed E-state index contributed by atoms with van der Waals surface area (Å²) in [7, 11) is 1.63. The van der Waals surface area contributed by atoms with E-state index < -0.39 is 0 Å². The van der Waals surface area contributed by atoms with E-state index in [1.165, 1.54) is 0 Å². The van der Waals surface area contributed by atoms with E-state index in [2.05, 4.69) is 10.2 Å². The average molecular weight is 310 g/mol. The van der Waals surface area contributed by atoms with E-state index >= 15 is 0 Å². The summed E-state index contributed by atoms with van der Waals surface area (Å²) in [6, 6.07) is 7.42. The molecule has 1 aliphatic rings. The number of likely N-dealkylation sites (N-methyl/N-ethyl adjacent to an activating group) is 1. The Balaban J connectivity index is 1.92. The molecule has 2 rings (SSSR count). The first-order valence-electron chi connectivity index (χ1n) is 7.01. The molecule has 1 N–H and O–H groups in total. The minimum Gasteiger partial charge on any atom is -0.358 e. The van der Waals surface area contributed by atoms with E-state index in [9.17, 15) is 9.59 Å². The van der Waals surface area contributed by atoms with Gasteiger partial charge in [-0.25, -0.2) is 0 Å². The van der Waals surface area contributed by atoms with E-state index in [0.717, 1.165) is 5.56 Å². The lowest BCUT2D eigenvalue weighted by molar-refractivity contribution is -0.122. The molecular formula is C15H20ClN3O2. The molecular weight excluding hydrogens is 290 g/mol. The zero-order chi connectivity index (χ0) is 15.2. The predicted molar refractivity (Wildman–Crippen MR) is 82.4 cm³/mol. The number of halogens is 1. The number of piperazine rings is 1. The highest BCUT2D eigenvalue weighted by Crippen LogP contribution is 2.12. The van der Waals surface area contributed by atoms with Crippen LogP contribution in [-0.2, 0) is 10.7 Å². The molecule has 1 saturated heterocycles. The molecule has 5 nitrogen and oxygen atoms in total. The van der Waals surface area contributed by atoms with Crippen molar-refractivity contribution in [2.24, 2.45) is 0 Å². The van der Waals surface area contributed by atoms with Crippen LogP contribution in [0.1, 0.15) is 15.9 Å². The first-order chi connectivity index (χ1) is 10.1. The summed E-state index contributed by atoms with van der Waals surface area (Å²) < 4.78 is 0. The summed E-state index contributed by atoms with van der Waals surface area (Å²) in [4.78, 5) is 27.7. The lowest BCUT2D eigenvalue weighted by Gasteiger charge is -2.34. The van der Waals surface area contributed by atoms with Crippen molar-refractivity contribution in [3.05, 3.63) is 35.4 Å². The van der Waals surface area contributed by atoms with Crippen LogP contribution in [0.3, 0.4) is 0 Å². The van der Waals surface area contributed by atoms with Gasteiger partial charge in [0.2, 0.25) is 5.91 Å². The molecule has 1 fully saturated rings. The van der Waals surface area contributed by atoms with Crippen LogP contribution in [0, 0.1) is 0 Å². The molecule has 6 heteroatoms. The predicted octanol–water partition coefficient (Wildman–Crippen LogP) is 0.929. The SMILES string of the molecule is CNC(=O)CN1CCN(C(=O)c2cccc(CCl)c2)CC1. The van der Waals surface area contributed by atoms with Gasteiger partial charge >= 0.3 is 0 Å². The molecule has 0 aromatic heterocycles. The quantitative estimate of drug-likeness (QED) is 0.842. The van der Waals surface area contributed by atoms with Crippen molar-refractivity contribution >= 4 is 23.4 Å². The smallest absolute Gasteiger partial charge is 0.253 e. The Morgan fingerprint density at radius 3 is 2.57 bits per heavy atom. The summed E-state index contributed by atoms with van der Waals surface area (Å²) in [6.07, 6.45) is 0. The van der Waals surface area contributed by atoms with Crippen LogP contribution in [-0.4, -0.2) is 61.4 Å². The van der Waals surface area contributed by atoms with Crippen molar-refractivity contribution in [3.8, 4) is 0 Å². The molecule has 0 spiro atoms. The van der Waals surface area contributed by atoms with Crippen LogP contribution in [0.15, 0.2) is 24.3 Å². The van der Waals surface area contributed by atoms with E-state index in [-0.39, 0.29) is 11.8 Å². The van der Waals surface area contributed by atoms with Gasteiger partial charge in [0.15, 0.2) is 0 Å². The second kappa shape index (κ2) is 7.43. The van der Waals surface area contributed by atoms with Gasteiger partial charge in [-0.3, -0.25) is 14.5 Å². The molecule has 0 radical (unpaired) electrons. The van der Waals surface area contributed by atoms with Crippen LogP contribution in [0.4, 0.5) is 0 Å². The van der Waals surface area contributed by atoms with Crippen molar-refractivity contribution in [2.75, 3.05) is 39.8 Å². The Hall–Kier alpha value is -1.59. The van der Waals surface area contributed by atoms with Gasteiger partial charge in [0, 0.05) is 44.7 Å². The third-order valence-electron chi connectivity index (χ3n) is 3.63. The van der Waals surface area contributed by atoms with Gasteiger partial charge in [-0.05, 0) is 17.7 Å². The number of nitrogens with zero attached hydrogens (tertiary/aromatic N) is 2.